The summed E-state index contributed by atoms with van der Waals surface area (Å²) in [4.78, 5) is 35.2. The topological polar surface area (TPSA) is 65.4 Å². The van der Waals surface area contributed by atoms with Gasteiger partial charge < -0.3 is 9.30 Å². The minimum atomic E-state index is -0.467. The number of fused-ring (bicyclic) bond motifs is 2. The molecule has 5 nitrogen and oxygen atoms in total. The number of cyclic esters (lactones) is 1. The zero-order valence-corrected chi connectivity index (χ0v) is 11.4. The van der Waals surface area contributed by atoms with Gasteiger partial charge in [-0.15, -0.1) is 0 Å². The molecule has 0 saturated carbocycles. The van der Waals surface area contributed by atoms with Gasteiger partial charge in [0.25, 0.3) is 5.56 Å². The van der Waals surface area contributed by atoms with E-state index in [1.165, 1.54) is 4.57 Å². The van der Waals surface area contributed by atoms with E-state index in [0.717, 1.165) is 0 Å². The van der Waals surface area contributed by atoms with Crippen molar-refractivity contribution in [3.8, 4) is 0 Å². The van der Waals surface area contributed by atoms with Gasteiger partial charge in [-0.2, -0.15) is 0 Å². The number of rotatable bonds is 0. The van der Waals surface area contributed by atoms with Gasteiger partial charge in [0.1, 0.15) is 6.61 Å². The molecule has 0 aromatic carbocycles. The lowest BCUT2D eigenvalue weighted by Gasteiger charge is -2.22. The molecule has 3 rings (SSSR count). The lowest BCUT2D eigenvalue weighted by Crippen LogP contribution is -2.32. The summed E-state index contributed by atoms with van der Waals surface area (Å²) in [6.07, 6.45) is 0.362. The third-order valence-corrected chi connectivity index (χ3v) is 3.46. The van der Waals surface area contributed by atoms with Crippen LogP contribution in [0.1, 0.15) is 54.7 Å². The van der Waals surface area contributed by atoms with Gasteiger partial charge in [-0.05, 0) is 18.6 Å². The van der Waals surface area contributed by atoms with Crippen molar-refractivity contribution >= 4 is 11.8 Å². The first-order valence-corrected chi connectivity index (χ1v) is 6.56. The maximum atomic E-state index is 12.1. The average molecular weight is 263 g/mol. The molecule has 2 aliphatic rings. The number of esters is 1. The zero-order chi connectivity index (χ0) is 14.2. The lowest BCUT2D eigenvalue weighted by molar-refractivity contribution is -0.147. The fourth-order valence-corrected chi connectivity index (χ4v) is 2.43. The third-order valence-electron chi connectivity index (χ3n) is 3.46. The number of aromatic nitrogens is 1. The Labute approximate surface area is 111 Å². The van der Waals surface area contributed by atoms with Crippen molar-refractivity contribution in [1.29, 1.82) is 0 Å². The molecule has 2 aliphatic heterocycles. The van der Waals surface area contributed by atoms with Crippen LogP contribution in [-0.4, -0.2) is 16.3 Å². The summed E-state index contributed by atoms with van der Waals surface area (Å²) >= 11 is 0. The van der Waals surface area contributed by atoms with Crippen LogP contribution in [0.3, 0.4) is 0 Å². The number of carbonyl (C=O) groups is 2. The Morgan fingerprint density at radius 3 is 2.63 bits per heavy atom. The number of hydrogen-bond acceptors (Lipinski definition) is 4. The van der Waals surface area contributed by atoms with Crippen LogP contribution in [0.15, 0.2) is 10.9 Å². The molecular formula is C14H17NO4. The molecule has 1 aromatic rings. The van der Waals surface area contributed by atoms with Crippen LogP contribution in [0, 0.1) is 0 Å². The Hall–Kier alpha value is -1.91. The van der Waals surface area contributed by atoms with Crippen LogP contribution >= 0.6 is 0 Å². The first kappa shape index (κ1) is 13.5. The molecule has 102 valence electrons. The molecular weight excluding hydrogens is 246 g/mol. The van der Waals surface area contributed by atoms with Crippen LogP contribution < -0.4 is 5.56 Å². The van der Waals surface area contributed by atoms with Gasteiger partial charge in [-0.3, -0.25) is 14.4 Å². The van der Waals surface area contributed by atoms with Gasteiger partial charge in [0, 0.05) is 13.0 Å². The molecule has 0 bridgehead atoms. The number of ketones is 1. The molecule has 0 fully saturated rings. The number of ether oxygens (including phenoxy) is 1. The maximum absolute atomic E-state index is 12.1. The monoisotopic (exact) mass is 263 g/mol. The maximum Gasteiger partial charge on any atom is 0.313 e. The Bertz CT molecular complexity index is 600. The highest BCUT2D eigenvalue weighted by molar-refractivity contribution is 5.96. The first-order valence-electron chi connectivity index (χ1n) is 6.56. The number of nitrogens with zero attached hydrogens (tertiary/aromatic N) is 1. The van der Waals surface area contributed by atoms with Crippen LogP contribution in [0.25, 0.3) is 0 Å². The average Bonchev–Trinajstić information content (AvgIpc) is 2.79. The van der Waals surface area contributed by atoms with E-state index in [-0.39, 0.29) is 23.9 Å². The highest BCUT2D eigenvalue weighted by Crippen LogP contribution is 2.27. The Morgan fingerprint density at radius 1 is 1.26 bits per heavy atom. The molecule has 0 aliphatic carbocycles. The van der Waals surface area contributed by atoms with Crippen molar-refractivity contribution in [2.45, 2.75) is 46.3 Å². The fourth-order valence-electron chi connectivity index (χ4n) is 2.43. The molecule has 0 spiro atoms. The van der Waals surface area contributed by atoms with Crippen LogP contribution in [0.2, 0.25) is 0 Å². The van der Waals surface area contributed by atoms with Crippen LogP contribution in [-0.2, 0) is 22.7 Å². The smallest absolute Gasteiger partial charge is 0.313 e. The van der Waals surface area contributed by atoms with E-state index in [1.54, 1.807) is 13.0 Å². The molecule has 0 saturated heterocycles. The third kappa shape index (κ3) is 1.99. The minimum absolute atomic E-state index is 0.0197. The van der Waals surface area contributed by atoms with Gasteiger partial charge in [0.05, 0.1) is 17.2 Å². The van der Waals surface area contributed by atoms with Crippen LogP contribution in [0.5, 0.6) is 0 Å². The fraction of sp³-hybridized carbons (Fsp3) is 0.500. The van der Waals surface area contributed by atoms with Gasteiger partial charge in [0.15, 0.2) is 5.78 Å². The second kappa shape index (κ2) is 4.99. The molecule has 0 radical (unpaired) electrons. The van der Waals surface area contributed by atoms with E-state index in [1.807, 2.05) is 13.8 Å². The number of Topliss-reactive ketones (excluding diaryl/α,β-unsaturated/α-hetero) is 1. The first-order chi connectivity index (χ1) is 9.09. The highest BCUT2D eigenvalue weighted by atomic mass is 16.5. The van der Waals surface area contributed by atoms with Crippen molar-refractivity contribution in [1.82, 2.24) is 4.57 Å². The Balaban J connectivity index is 0.000000637. The summed E-state index contributed by atoms with van der Waals surface area (Å²) in [5, 5.41) is 0. The minimum Gasteiger partial charge on any atom is -0.460 e. The van der Waals surface area contributed by atoms with E-state index in [4.69, 9.17) is 4.74 Å². The molecule has 1 unspecified atom stereocenters. The van der Waals surface area contributed by atoms with Crippen molar-refractivity contribution in [2.24, 2.45) is 0 Å². The summed E-state index contributed by atoms with van der Waals surface area (Å²) in [6, 6.07) is 1.68. The molecule has 1 aromatic heterocycles. The van der Waals surface area contributed by atoms with E-state index in [0.29, 0.717) is 29.8 Å². The van der Waals surface area contributed by atoms with Crippen molar-refractivity contribution in [2.75, 3.05) is 0 Å². The standard InChI is InChI=1S/C12H11NO4.C2H6/c1-6-7-4-9-10(14)2-3-13(9)11(15)8(7)5-17-12(6)16;1-2/h4,6H,2-3,5H2,1H3;1-2H3. The predicted octanol–water partition coefficient (Wildman–Crippen LogP) is 1.62. The van der Waals surface area contributed by atoms with Gasteiger partial charge >= 0.3 is 5.97 Å². The second-order valence-electron chi connectivity index (χ2n) is 4.42. The van der Waals surface area contributed by atoms with Gasteiger partial charge in [0.2, 0.25) is 0 Å². The van der Waals surface area contributed by atoms with Crippen molar-refractivity contribution in [3.05, 3.63) is 33.2 Å². The van der Waals surface area contributed by atoms with Crippen molar-refractivity contribution in [3.63, 3.8) is 0 Å². The van der Waals surface area contributed by atoms with E-state index < -0.39 is 5.92 Å². The molecule has 0 N–H and O–H groups in total. The largest absolute Gasteiger partial charge is 0.460 e. The number of pyridine rings is 1. The van der Waals surface area contributed by atoms with E-state index in [9.17, 15) is 14.4 Å². The van der Waals surface area contributed by atoms with Gasteiger partial charge in [-0.1, -0.05) is 13.8 Å². The summed E-state index contributed by atoms with van der Waals surface area (Å²) < 4.78 is 6.43. The van der Waals surface area contributed by atoms with Crippen molar-refractivity contribution < 1.29 is 14.3 Å². The molecule has 0 amide bonds. The summed E-state index contributed by atoms with van der Waals surface area (Å²) in [5.74, 6) is -0.839. The van der Waals surface area contributed by atoms with E-state index >= 15 is 0 Å². The lowest BCUT2D eigenvalue weighted by atomic mass is 9.94. The Kier molecular flexibility index (Phi) is 3.55. The SMILES string of the molecule is CC.CC1C(=O)OCc2c1cc1n(c2=O)CCC1=O. The van der Waals surface area contributed by atoms with Crippen LogP contribution in [0.4, 0.5) is 0 Å². The number of hydrogen-bond donors (Lipinski definition) is 0. The predicted molar refractivity (Wildman–Crippen MR) is 69.2 cm³/mol. The molecule has 1 atom stereocenters. The summed E-state index contributed by atoms with van der Waals surface area (Å²) in [6.45, 7) is 6.14. The van der Waals surface area contributed by atoms with E-state index in [2.05, 4.69) is 0 Å². The van der Waals surface area contributed by atoms with Gasteiger partial charge in [-0.25, -0.2) is 0 Å². The molecule has 19 heavy (non-hydrogen) atoms. The Morgan fingerprint density at radius 2 is 1.95 bits per heavy atom. The highest BCUT2D eigenvalue weighted by Gasteiger charge is 2.32. The quantitative estimate of drug-likeness (QED) is 0.667. The molecule has 5 heteroatoms. The second-order valence-corrected chi connectivity index (χ2v) is 4.42. The number of carbonyl (C=O) groups excluding carboxylic acids is 2. The zero-order valence-electron chi connectivity index (χ0n) is 11.4. The normalized spacial score (nSPS) is 20.1. The summed E-state index contributed by atoms with van der Waals surface area (Å²) in [7, 11) is 0. The molecule has 3 heterocycles. The summed E-state index contributed by atoms with van der Waals surface area (Å²) in [5.41, 5.74) is 1.39.